The first-order chi connectivity index (χ1) is 12.1. The van der Waals surface area contributed by atoms with Crippen molar-refractivity contribution in [2.24, 2.45) is 0 Å². The van der Waals surface area contributed by atoms with Crippen LogP contribution in [0.15, 0.2) is 60.7 Å². The van der Waals surface area contributed by atoms with Crippen LogP contribution in [0.5, 0.6) is 0 Å². The Bertz CT molecular complexity index is 667. The van der Waals surface area contributed by atoms with Crippen molar-refractivity contribution >= 4 is 11.9 Å². The van der Waals surface area contributed by atoms with Gasteiger partial charge < -0.3 is 19.3 Å². The highest BCUT2D eigenvalue weighted by molar-refractivity contribution is 5.90. The predicted octanol–water partition coefficient (Wildman–Crippen LogP) is 2.17. The minimum Gasteiger partial charge on any atom is -0.452 e. The van der Waals surface area contributed by atoms with Gasteiger partial charge in [0.2, 0.25) is 0 Å². The molecule has 2 aromatic carbocycles. The lowest BCUT2D eigenvalue weighted by Crippen LogP contribution is -2.39. The summed E-state index contributed by atoms with van der Waals surface area (Å²) in [5, 5.41) is 10.0. The van der Waals surface area contributed by atoms with E-state index >= 15 is 0 Å². The Balaban J connectivity index is 1.72. The summed E-state index contributed by atoms with van der Waals surface area (Å²) in [4.78, 5) is 24.5. The molecular formula is C19H18O6. The number of hydrogen-bond acceptors (Lipinski definition) is 6. The van der Waals surface area contributed by atoms with E-state index in [0.29, 0.717) is 11.1 Å². The summed E-state index contributed by atoms with van der Waals surface area (Å²) in [6, 6.07) is 16.8. The van der Waals surface area contributed by atoms with Crippen LogP contribution in [0.2, 0.25) is 0 Å². The maximum atomic E-state index is 12.3. The van der Waals surface area contributed by atoms with Crippen molar-refractivity contribution in [3.63, 3.8) is 0 Å². The molecule has 4 atom stereocenters. The molecule has 0 bridgehead atoms. The van der Waals surface area contributed by atoms with Crippen LogP contribution in [-0.2, 0) is 14.2 Å². The second-order valence-corrected chi connectivity index (χ2v) is 5.70. The predicted molar refractivity (Wildman–Crippen MR) is 87.8 cm³/mol. The Kier molecular flexibility index (Phi) is 5.11. The Labute approximate surface area is 144 Å². The van der Waals surface area contributed by atoms with Gasteiger partial charge in [-0.25, -0.2) is 9.59 Å². The standard InChI is InChI=1S/C19H18O6/c1-12-15(24-17(20)13-8-4-2-5-9-13)16(19(22)23-12)25-18(21)14-10-6-3-7-11-14/h2-12,15-16,19,22H,1H3/t12-,15+,16+,19?/m0/s1. The zero-order valence-electron chi connectivity index (χ0n) is 13.6. The molecule has 0 saturated carbocycles. The molecule has 0 radical (unpaired) electrons. The number of carbonyl (C=O) groups excluding carboxylic acids is 2. The topological polar surface area (TPSA) is 82.1 Å². The Morgan fingerprint density at radius 2 is 1.28 bits per heavy atom. The fourth-order valence-corrected chi connectivity index (χ4v) is 2.62. The Hall–Kier alpha value is -2.70. The Morgan fingerprint density at radius 1 is 0.840 bits per heavy atom. The van der Waals surface area contributed by atoms with Gasteiger partial charge in [-0.1, -0.05) is 36.4 Å². The third kappa shape index (κ3) is 3.87. The van der Waals surface area contributed by atoms with Gasteiger partial charge in [-0.2, -0.15) is 0 Å². The molecule has 1 N–H and O–H groups in total. The van der Waals surface area contributed by atoms with Gasteiger partial charge in [0.05, 0.1) is 17.2 Å². The van der Waals surface area contributed by atoms with Gasteiger partial charge in [0.1, 0.15) is 0 Å². The molecule has 1 aliphatic heterocycles. The maximum Gasteiger partial charge on any atom is 0.338 e. The molecular weight excluding hydrogens is 324 g/mol. The number of aliphatic hydroxyl groups is 1. The fourth-order valence-electron chi connectivity index (χ4n) is 2.62. The van der Waals surface area contributed by atoms with Crippen molar-refractivity contribution in [1.82, 2.24) is 0 Å². The van der Waals surface area contributed by atoms with E-state index in [-0.39, 0.29) is 0 Å². The van der Waals surface area contributed by atoms with Gasteiger partial charge in [-0.3, -0.25) is 0 Å². The highest BCUT2D eigenvalue weighted by Gasteiger charge is 2.47. The lowest BCUT2D eigenvalue weighted by molar-refractivity contribution is -0.127. The minimum absolute atomic E-state index is 0.336. The third-order valence-electron chi connectivity index (χ3n) is 3.93. The molecule has 1 unspecified atom stereocenters. The monoisotopic (exact) mass is 342 g/mol. The zero-order chi connectivity index (χ0) is 17.8. The van der Waals surface area contributed by atoms with Crippen LogP contribution in [0.3, 0.4) is 0 Å². The van der Waals surface area contributed by atoms with Crippen LogP contribution in [-0.4, -0.2) is 41.6 Å². The van der Waals surface area contributed by atoms with Crippen molar-refractivity contribution in [2.45, 2.75) is 31.5 Å². The van der Waals surface area contributed by atoms with Crippen LogP contribution in [0.4, 0.5) is 0 Å². The number of aliphatic hydroxyl groups excluding tert-OH is 1. The fraction of sp³-hybridized carbons (Fsp3) is 0.263. The molecule has 0 amide bonds. The summed E-state index contributed by atoms with van der Waals surface area (Å²) in [5.74, 6) is -1.20. The van der Waals surface area contributed by atoms with Gasteiger partial charge in [0.25, 0.3) is 0 Å². The number of ether oxygens (including phenoxy) is 3. The largest absolute Gasteiger partial charge is 0.452 e. The summed E-state index contributed by atoms with van der Waals surface area (Å²) in [5.41, 5.74) is 0.701. The number of carbonyl (C=O) groups is 2. The molecule has 0 aromatic heterocycles. The molecule has 1 fully saturated rings. The van der Waals surface area contributed by atoms with Gasteiger partial charge in [-0.15, -0.1) is 0 Å². The van der Waals surface area contributed by atoms with E-state index in [4.69, 9.17) is 14.2 Å². The van der Waals surface area contributed by atoms with Crippen molar-refractivity contribution < 1.29 is 28.9 Å². The van der Waals surface area contributed by atoms with Gasteiger partial charge in [0, 0.05) is 0 Å². The van der Waals surface area contributed by atoms with Crippen molar-refractivity contribution in [3.8, 4) is 0 Å². The average molecular weight is 342 g/mol. The van der Waals surface area contributed by atoms with Crippen LogP contribution < -0.4 is 0 Å². The van der Waals surface area contributed by atoms with Gasteiger partial charge >= 0.3 is 11.9 Å². The molecule has 6 heteroatoms. The second kappa shape index (κ2) is 7.46. The van der Waals surface area contributed by atoms with Crippen molar-refractivity contribution in [3.05, 3.63) is 71.8 Å². The molecule has 2 aromatic rings. The van der Waals surface area contributed by atoms with E-state index in [1.54, 1.807) is 67.6 Å². The molecule has 6 nitrogen and oxygen atoms in total. The number of hydrogen-bond donors (Lipinski definition) is 1. The van der Waals surface area contributed by atoms with Crippen LogP contribution in [0.1, 0.15) is 27.6 Å². The summed E-state index contributed by atoms with van der Waals surface area (Å²) in [6.07, 6.45) is -3.99. The van der Waals surface area contributed by atoms with E-state index in [1.807, 2.05) is 0 Å². The molecule has 1 aliphatic rings. The molecule has 1 heterocycles. The average Bonchev–Trinajstić information content (AvgIpc) is 2.90. The Morgan fingerprint density at radius 3 is 1.76 bits per heavy atom. The minimum atomic E-state index is -1.36. The van der Waals surface area contributed by atoms with Gasteiger partial charge in [-0.05, 0) is 31.2 Å². The van der Waals surface area contributed by atoms with Crippen LogP contribution in [0.25, 0.3) is 0 Å². The molecule has 0 aliphatic carbocycles. The first-order valence-electron chi connectivity index (χ1n) is 7.92. The van der Waals surface area contributed by atoms with Crippen molar-refractivity contribution in [2.75, 3.05) is 0 Å². The number of esters is 2. The summed E-state index contributed by atoms with van der Waals surface area (Å²) >= 11 is 0. The lowest BCUT2D eigenvalue weighted by Gasteiger charge is -2.22. The van der Waals surface area contributed by atoms with E-state index in [0.717, 1.165) is 0 Å². The first-order valence-corrected chi connectivity index (χ1v) is 7.92. The van der Waals surface area contributed by atoms with E-state index in [1.165, 1.54) is 0 Å². The summed E-state index contributed by atoms with van der Waals surface area (Å²) < 4.78 is 16.0. The van der Waals surface area contributed by atoms with Crippen LogP contribution >= 0.6 is 0 Å². The smallest absolute Gasteiger partial charge is 0.338 e. The molecule has 1 saturated heterocycles. The highest BCUT2D eigenvalue weighted by Crippen LogP contribution is 2.27. The SMILES string of the molecule is C[C@@H]1OC(O)[C@H](OC(=O)c2ccccc2)[C@@H]1OC(=O)c1ccccc1. The normalized spacial score (nSPS) is 25.4. The molecule has 3 rings (SSSR count). The van der Waals surface area contributed by atoms with Crippen molar-refractivity contribution in [1.29, 1.82) is 0 Å². The molecule has 0 spiro atoms. The number of benzene rings is 2. The summed E-state index contributed by atoms with van der Waals surface area (Å²) in [6.45, 7) is 1.64. The third-order valence-corrected chi connectivity index (χ3v) is 3.93. The molecule has 25 heavy (non-hydrogen) atoms. The van der Waals surface area contributed by atoms with E-state index < -0.39 is 36.5 Å². The highest BCUT2D eigenvalue weighted by atomic mass is 16.7. The van der Waals surface area contributed by atoms with E-state index in [9.17, 15) is 14.7 Å². The molecule has 130 valence electrons. The zero-order valence-corrected chi connectivity index (χ0v) is 13.6. The maximum absolute atomic E-state index is 12.3. The van der Waals surface area contributed by atoms with E-state index in [2.05, 4.69) is 0 Å². The van der Waals surface area contributed by atoms with Gasteiger partial charge in [0.15, 0.2) is 18.5 Å². The second-order valence-electron chi connectivity index (χ2n) is 5.70. The first kappa shape index (κ1) is 17.1. The summed E-state index contributed by atoms with van der Waals surface area (Å²) in [7, 11) is 0. The quantitative estimate of drug-likeness (QED) is 0.858. The van der Waals surface area contributed by atoms with Crippen LogP contribution in [0, 0.1) is 0 Å². The lowest BCUT2D eigenvalue weighted by atomic mass is 10.1. The number of rotatable bonds is 4.